The number of esters is 3. The van der Waals surface area contributed by atoms with Crippen LogP contribution in [0.5, 0.6) is 0 Å². The predicted octanol–water partition coefficient (Wildman–Crippen LogP) is 17.3. The van der Waals surface area contributed by atoms with E-state index in [0.717, 1.165) is 109 Å². The summed E-state index contributed by atoms with van der Waals surface area (Å²) in [4.78, 5) is 54.1. The first-order chi connectivity index (χ1) is 33.4. The van der Waals surface area contributed by atoms with Crippen molar-refractivity contribution in [2.45, 2.75) is 296 Å². The maximum atomic E-state index is 13.9. The molecule has 1 aliphatic heterocycles. The number of allylic oxidation sites excluding steroid dienone is 6. The Morgan fingerprint density at radius 1 is 0.426 bits per heavy atom. The standard InChI is InChI=1S/C60H107NO7/c1-4-7-10-13-16-19-22-25-28-31-34-37-40-43-46-49-56(62)61-52-59(65)68-55-60(61,53-66-57(63)50-47-44-41-38-35-32-29-26-23-20-17-14-11-8-5-2)54-67-58(64)51-48-45-42-39-36-33-30-27-24-21-18-15-12-9-6-3/h25-30H,4-24,31-55H2,1-3H3/b28-25+,29-26+,30-27+. The Balaban J connectivity index is 2.58. The lowest BCUT2D eigenvalue weighted by Crippen LogP contribution is -2.65. The van der Waals surface area contributed by atoms with E-state index in [1.165, 1.54) is 140 Å². The third kappa shape index (κ3) is 37.9. The van der Waals surface area contributed by atoms with E-state index in [0.29, 0.717) is 6.42 Å². The number of carbonyl (C=O) groups is 4. The average Bonchev–Trinajstić information content (AvgIpc) is 3.34. The largest absolute Gasteiger partial charge is 0.463 e. The molecule has 1 rings (SSSR count). The van der Waals surface area contributed by atoms with Crippen molar-refractivity contribution in [1.29, 1.82) is 0 Å². The Labute approximate surface area is 419 Å². The van der Waals surface area contributed by atoms with Crippen molar-refractivity contribution in [1.82, 2.24) is 4.90 Å². The Bertz CT molecular complexity index is 1230. The van der Waals surface area contributed by atoms with Gasteiger partial charge in [0.25, 0.3) is 0 Å². The van der Waals surface area contributed by atoms with Gasteiger partial charge in [0, 0.05) is 19.3 Å². The van der Waals surface area contributed by atoms with E-state index in [-0.39, 0.29) is 63.5 Å². The van der Waals surface area contributed by atoms with Gasteiger partial charge in [-0.05, 0) is 96.3 Å². The number of unbranched alkanes of at least 4 members (excludes halogenated alkanes) is 33. The van der Waals surface area contributed by atoms with Gasteiger partial charge in [0.05, 0.1) is 0 Å². The van der Waals surface area contributed by atoms with Crippen LogP contribution in [0.2, 0.25) is 0 Å². The quantitative estimate of drug-likeness (QED) is 0.0259. The molecule has 1 fully saturated rings. The molecular formula is C60H107NO7. The van der Waals surface area contributed by atoms with Crippen LogP contribution in [-0.2, 0) is 33.4 Å². The first-order valence-corrected chi connectivity index (χ1v) is 29.1. The minimum Gasteiger partial charge on any atom is -0.463 e. The van der Waals surface area contributed by atoms with Crippen LogP contribution in [0.1, 0.15) is 290 Å². The molecule has 0 unspecified atom stereocenters. The van der Waals surface area contributed by atoms with Crippen LogP contribution in [0, 0.1) is 0 Å². The molecule has 0 aromatic rings. The number of amides is 1. The summed E-state index contributed by atoms with van der Waals surface area (Å²) in [7, 11) is 0. The van der Waals surface area contributed by atoms with E-state index in [2.05, 4.69) is 57.2 Å². The van der Waals surface area contributed by atoms with Gasteiger partial charge in [0.2, 0.25) is 5.91 Å². The number of morpholine rings is 1. The fourth-order valence-electron chi connectivity index (χ4n) is 9.00. The Morgan fingerprint density at radius 3 is 1.03 bits per heavy atom. The molecule has 0 aliphatic carbocycles. The lowest BCUT2D eigenvalue weighted by atomic mass is 9.97. The SMILES string of the molecule is CCCCCCCC/C=C/CCCCCCCC(=O)OCC1(COC(=O)CCCCCCC/C=C/CCCCCCCC)COC(=O)CN1C(=O)CCCCCCC/C=C/CCCCCCCC. The molecule has 0 spiro atoms. The summed E-state index contributed by atoms with van der Waals surface area (Å²) >= 11 is 0. The van der Waals surface area contributed by atoms with Gasteiger partial charge in [-0.1, -0.05) is 211 Å². The maximum Gasteiger partial charge on any atom is 0.325 e. The molecule has 1 saturated heterocycles. The molecule has 8 nitrogen and oxygen atoms in total. The topological polar surface area (TPSA) is 99.2 Å². The third-order valence-electron chi connectivity index (χ3n) is 13.6. The molecule has 0 saturated carbocycles. The number of hydrogen-bond donors (Lipinski definition) is 0. The second kappa shape index (κ2) is 47.8. The fraction of sp³-hybridized carbons (Fsp3) is 0.833. The predicted molar refractivity (Wildman–Crippen MR) is 286 cm³/mol. The molecule has 68 heavy (non-hydrogen) atoms. The lowest BCUT2D eigenvalue weighted by molar-refractivity contribution is -0.186. The summed E-state index contributed by atoms with van der Waals surface area (Å²) in [6.07, 6.45) is 60.7. The highest BCUT2D eigenvalue weighted by molar-refractivity contribution is 5.84. The normalized spacial score (nSPS) is 13.9. The second-order valence-corrected chi connectivity index (χ2v) is 20.2. The van der Waals surface area contributed by atoms with Crippen molar-refractivity contribution in [2.24, 2.45) is 0 Å². The Morgan fingerprint density at radius 2 is 0.706 bits per heavy atom. The first-order valence-electron chi connectivity index (χ1n) is 29.1. The summed E-state index contributed by atoms with van der Waals surface area (Å²) in [6, 6.07) is 0. The average molecular weight is 955 g/mol. The highest BCUT2D eigenvalue weighted by Gasteiger charge is 2.47. The van der Waals surface area contributed by atoms with Crippen LogP contribution in [-0.4, -0.2) is 60.6 Å². The Hall–Kier alpha value is -2.90. The number of ether oxygens (including phenoxy) is 3. The van der Waals surface area contributed by atoms with E-state index >= 15 is 0 Å². The summed E-state index contributed by atoms with van der Waals surface area (Å²) in [6.45, 7) is 5.99. The molecule has 394 valence electrons. The summed E-state index contributed by atoms with van der Waals surface area (Å²) in [5, 5.41) is 0. The molecule has 0 radical (unpaired) electrons. The molecule has 1 amide bonds. The van der Waals surface area contributed by atoms with E-state index in [1.807, 2.05) is 0 Å². The summed E-state index contributed by atoms with van der Waals surface area (Å²) in [5.41, 5.74) is -1.25. The van der Waals surface area contributed by atoms with Gasteiger partial charge in [-0.15, -0.1) is 0 Å². The minimum atomic E-state index is -1.25. The van der Waals surface area contributed by atoms with E-state index in [9.17, 15) is 19.2 Å². The molecule has 0 aromatic heterocycles. The highest BCUT2D eigenvalue weighted by atomic mass is 16.6. The summed E-state index contributed by atoms with van der Waals surface area (Å²) in [5.74, 6) is -1.38. The van der Waals surface area contributed by atoms with Crippen molar-refractivity contribution in [3.8, 4) is 0 Å². The van der Waals surface area contributed by atoms with Crippen molar-refractivity contribution >= 4 is 23.8 Å². The van der Waals surface area contributed by atoms with Crippen LogP contribution in [0.15, 0.2) is 36.5 Å². The Kier molecular flexibility index (Phi) is 44.3. The van der Waals surface area contributed by atoms with E-state index in [1.54, 1.807) is 0 Å². The number of nitrogens with zero attached hydrogens (tertiary/aromatic N) is 1. The van der Waals surface area contributed by atoms with Crippen LogP contribution < -0.4 is 0 Å². The zero-order chi connectivity index (χ0) is 49.3. The molecule has 8 heteroatoms. The number of cyclic esters (lactones) is 1. The zero-order valence-electron chi connectivity index (χ0n) is 44.8. The minimum absolute atomic E-state index is 0.175. The molecular weight excluding hydrogens is 847 g/mol. The van der Waals surface area contributed by atoms with Crippen LogP contribution in [0.3, 0.4) is 0 Å². The third-order valence-corrected chi connectivity index (χ3v) is 13.6. The monoisotopic (exact) mass is 954 g/mol. The summed E-state index contributed by atoms with van der Waals surface area (Å²) < 4.78 is 17.2. The molecule has 0 bridgehead atoms. The van der Waals surface area contributed by atoms with E-state index < -0.39 is 11.5 Å². The van der Waals surface area contributed by atoms with Gasteiger partial charge < -0.3 is 19.1 Å². The van der Waals surface area contributed by atoms with Crippen molar-refractivity contribution in [3.05, 3.63) is 36.5 Å². The maximum absolute atomic E-state index is 13.9. The highest BCUT2D eigenvalue weighted by Crippen LogP contribution is 2.26. The number of hydrogen-bond acceptors (Lipinski definition) is 7. The molecule has 0 atom stereocenters. The molecule has 1 heterocycles. The van der Waals surface area contributed by atoms with Gasteiger partial charge in [0.1, 0.15) is 31.9 Å². The number of rotatable bonds is 49. The first kappa shape index (κ1) is 63.1. The van der Waals surface area contributed by atoms with Crippen molar-refractivity contribution in [2.75, 3.05) is 26.4 Å². The molecule has 1 aliphatic rings. The van der Waals surface area contributed by atoms with E-state index in [4.69, 9.17) is 14.2 Å². The second-order valence-electron chi connectivity index (χ2n) is 20.2. The smallest absolute Gasteiger partial charge is 0.325 e. The van der Waals surface area contributed by atoms with Crippen molar-refractivity contribution < 1.29 is 33.4 Å². The lowest BCUT2D eigenvalue weighted by Gasteiger charge is -2.44. The van der Waals surface area contributed by atoms with Crippen LogP contribution in [0.4, 0.5) is 0 Å². The molecule has 0 aromatic carbocycles. The van der Waals surface area contributed by atoms with Gasteiger partial charge in [-0.3, -0.25) is 19.2 Å². The van der Waals surface area contributed by atoms with Gasteiger partial charge in [0.15, 0.2) is 0 Å². The van der Waals surface area contributed by atoms with Gasteiger partial charge in [-0.2, -0.15) is 0 Å². The van der Waals surface area contributed by atoms with Gasteiger partial charge >= 0.3 is 17.9 Å². The van der Waals surface area contributed by atoms with Crippen LogP contribution in [0.25, 0.3) is 0 Å². The van der Waals surface area contributed by atoms with Crippen molar-refractivity contribution in [3.63, 3.8) is 0 Å². The zero-order valence-corrected chi connectivity index (χ0v) is 44.8. The molecule has 0 N–H and O–H groups in total. The fourth-order valence-corrected chi connectivity index (χ4v) is 9.00. The van der Waals surface area contributed by atoms with Crippen LogP contribution >= 0.6 is 0 Å². The van der Waals surface area contributed by atoms with Gasteiger partial charge in [-0.25, -0.2) is 0 Å². The number of carbonyl (C=O) groups excluding carboxylic acids is 4.